The molecule has 0 aromatic heterocycles. The lowest BCUT2D eigenvalue weighted by molar-refractivity contribution is -0.118. The van der Waals surface area contributed by atoms with Gasteiger partial charge in [0.2, 0.25) is 5.91 Å². The van der Waals surface area contributed by atoms with E-state index in [4.69, 9.17) is 4.74 Å². The number of aliphatic hydroxyl groups excluding tert-OH is 1. The van der Waals surface area contributed by atoms with Crippen molar-refractivity contribution in [2.75, 3.05) is 44.6 Å². The number of aryl methyl sites for hydroxylation is 2. The fraction of sp³-hybridized carbons (Fsp3) is 0.480. The maximum atomic E-state index is 13.6. The average Bonchev–Trinajstić information content (AvgIpc) is 3.23. The number of nitrogens with one attached hydrogen (secondary N) is 1. The van der Waals surface area contributed by atoms with Crippen molar-refractivity contribution in [3.05, 3.63) is 59.4 Å². The summed E-state index contributed by atoms with van der Waals surface area (Å²) in [5.74, 6) is -0.277. The van der Waals surface area contributed by atoms with Gasteiger partial charge in [-0.05, 0) is 61.6 Å². The molecule has 1 amide bonds. The van der Waals surface area contributed by atoms with E-state index in [1.54, 1.807) is 18.2 Å². The summed E-state index contributed by atoms with van der Waals surface area (Å²) >= 11 is 0. The standard InChI is InChI=1S/C25H32FN3O3/c1-18-14-28(16-25(31)27-21-10-9-19-5-4-6-20(19)13-21)11-12-29(18)15-22(30)17-32-24-8-3-2-7-23(24)26/h2-3,7-10,13,18,22,30H,4-6,11-12,14-17H2,1H3,(H,27,31). The normalized spacial score (nSPS) is 20.0. The topological polar surface area (TPSA) is 65.0 Å². The Kier molecular flexibility index (Phi) is 7.40. The Hall–Kier alpha value is -2.48. The average molecular weight is 442 g/mol. The zero-order valence-corrected chi connectivity index (χ0v) is 18.6. The Morgan fingerprint density at radius 3 is 2.84 bits per heavy atom. The fourth-order valence-electron chi connectivity index (χ4n) is 4.61. The van der Waals surface area contributed by atoms with E-state index >= 15 is 0 Å². The number of anilines is 1. The van der Waals surface area contributed by atoms with Gasteiger partial charge in [0.05, 0.1) is 6.54 Å². The van der Waals surface area contributed by atoms with Crippen molar-refractivity contribution >= 4 is 11.6 Å². The number of halogens is 1. The van der Waals surface area contributed by atoms with Crippen LogP contribution in [-0.4, -0.2) is 72.3 Å². The summed E-state index contributed by atoms with van der Waals surface area (Å²) in [4.78, 5) is 16.9. The molecule has 4 rings (SSSR count). The summed E-state index contributed by atoms with van der Waals surface area (Å²) in [7, 11) is 0. The van der Waals surface area contributed by atoms with Crippen LogP contribution < -0.4 is 10.1 Å². The summed E-state index contributed by atoms with van der Waals surface area (Å²) in [6.07, 6.45) is 2.70. The number of β-amino-alcohol motifs (C(OH)–C–C–N with tert-alkyl or cyclic N) is 1. The molecule has 2 aromatic carbocycles. The van der Waals surface area contributed by atoms with Crippen LogP contribution in [0.5, 0.6) is 5.75 Å². The summed E-state index contributed by atoms with van der Waals surface area (Å²) in [6, 6.07) is 12.6. The summed E-state index contributed by atoms with van der Waals surface area (Å²) < 4.78 is 19.1. The lowest BCUT2D eigenvalue weighted by atomic mass is 10.1. The molecule has 2 N–H and O–H groups in total. The minimum atomic E-state index is -0.716. The van der Waals surface area contributed by atoms with Crippen molar-refractivity contribution < 1.29 is 19.0 Å². The molecule has 1 fully saturated rings. The summed E-state index contributed by atoms with van der Waals surface area (Å²) in [5.41, 5.74) is 3.62. The Bertz CT molecular complexity index is 938. The highest BCUT2D eigenvalue weighted by Gasteiger charge is 2.26. The van der Waals surface area contributed by atoms with E-state index in [0.717, 1.165) is 38.2 Å². The molecular weight excluding hydrogens is 409 g/mol. The number of para-hydroxylation sites is 1. The van der Waals surface area contributed by atoms with Crippen LogP contribution in [-0.2, 0) is 17.6 Å². The third-order valence-corrected chi connectivity index (χ3v) is 6.31. The molecule has 7 heteroatoms. The van der Waals surface area contributed by atoms with Gasteiger partial charge in [0.25, 0.3) is 0 Å². The van der Waals surface area contributed by atoms with E-state index < -0.39 is 11.9 Å². The molecule has 1 aliphatic carbocycles. The van der Waals surface area contributed by atoms with E-state index in [1.165, 1.54) is 23.6 Å². The molecule has 0 radical (unpaired) electrons. The van der Waals surface area contributed by atoms with E-state index in [1.807, 2.05) is 6.07 Å². The van der Waals surface area contributed by atoms with Gasteiger partial charge in [-0.25, -0.2) is 4.39 Å². The summed E-state index contributed by atoms with van der Waals surface area (Å²) in [5, 5.41) is 13.4. The number of carbonyl (C=O) groups is 1. The van der Waals surface area contributed by atoms with Gasteiger partial charge in [-0.2, -0.15) is 0 Å². The number of nitrogens with zero attached hydrogens (tertiary/aromatic N) is 2. The maximum Gasteiger partial charge on any atom is 0.238 e. The van der Waals surface area contributed by atoms with Crippen molar-refractivity contribution in [1.29, 1.82) is 0 Å². The predicted octanol–water partition coefficient (Wildman–Crippen LogP) is 2.70. The SMILES string of the molecule is CC1CN(CC(=O)Nc2ccc3c(c2)CCC3)CCN1CC(O)COc1ccccc1F. The van der Waals surface area contributed by atoms with Gasteiger partial charge in [-0.15, -0.1) is 0 Å². The van der Waals surface area contributed by atoms with Gasteiger partial charge < -0.3 is 15.2 Å². The highest BCUT2D eigenvalue weighted by Crippen LogP contribution is 2.25. The van der Waals surface area contributed by atoms with Crippen molar-refractivity contribution in [2.24, 2.45) is 0 Å². The van der Waals surface area contributed by atoms with E-state index in [9.17, 15) is 14.3 Å². The summed E-state index contributed by atoms with van der Waals surface area (Å²) in [6.45, 7) is 5.19. The first-order valence-corrected chi connectivity index (χ1v) is 11.4. The first-order valence-electron chi connectivity index (χ1n) is 11.4. The lowest BCUT2D eigenvalue weighted by Gasteiger charge is -2.40. The van der Waals surface area contributed by atoms with Gasteiger partial charge in [0, 0.05) is 37.9 Å². The van der Waals surface area contributed by atoms with Gasteiger partial charge in [-0.3, -0.25) is 14.6 Å². The molecule has 1 aliphatic heterocycles. The minimum Gasteiger partial charge on any atom is -0.488 e. The van der Waals surface area contributed by atoms with Crippen LogP contribution >= 0.6 is 0 Å². The van der Waals surface area contributed by atoms with Crippen molar-refractivity contribution in [2.45, 2.75) is 38.3 Å². The Labute approximate surface area is 189 Å². The number of fused-ring (bicyclic) bond motifs is 1. The molecule has 2 atom stereocenters. The van der Waals surface area contributed by atoms with Crippen LogP contribution in [0.1, 0.15) is 24.5 Å². The molecule has 0 spiro atoms. The van der Waals surface area contributed by atoms with Crippen LogP contribution in [0.25, 0.3) is 0 Å². The molecule has 32 heavy (non-hydrogen) atoms. The molecule has 0 bridgehead atoms. The molecule has 1 saturated heterocycles. The van der Waals surface area contributed by atoms with Crippen LogP contribution in [0.2, 0.25) is 0 Å². The predicted molar refractivity (Wildman–Crippen MR) is 122 cm³/mol. The molecule has 1 heterocycles. The molecule has 2 aromatic rings. The van der Waals surface area contributed by atoms with Gasteiger partial charge in [0.1, 0.15) is 12.7 Å². The van der Waals surface area contributed by atoms with Crippen LogP contribution in [0.15, 0.2) is 42.5 Å². The first kappa shape index (κ1) is 22.7. The number of hydrogen-bond donors (Lipinski definition) is 2. The monoisotopic (exact) mass is 441 g/mol. The molecule has 2 aliphatic rings. The van der Waals surface area contributed by atoms with Crippen molar-refractivity contribution in [1.82, 2.24) is 9.80 Å². The zero-order chi connectivity index (χ0) is 22.5. The van der Waals surface area contributed by atoms with Gasteiger partial charge in [0.15, 0.2) is 11.6 Å². The number of hydrogen-bond acceptors (Lipinski definition) is 5. The molecular formula is C25H32FN3O3. The highest BCUT2D eigenvalue weighted by atomic mass is 19.1. The maximum absolute atomic E-state index is 13.6. The molecule has 0 saturated carbocycles. The third kappa shape index (κ3) is 5.85. The highest BCUT2D eigenvalue weighted by molar-refractivity contribution is 5.92. The number of piperazine rings is 1. The lowest BCUT2D eigenvalue weighted by Crippen LogP contribution is -2.55. The van der Waals surface area contributed by atoms with Crippen LogP contribution in [0.3, 0.4) is 0 Å². The third-order valence-electron chi connectivity index (χ3n) is 6.31. The molecule has 2 unspecified atom stereocenters. The van der Waals surface area contributed by atoms with Crippen molar-refractivity contribution in [3.63, 3.8) is 0 Å². The Morgan fingerprint density at radius 1 is 1.22 bits per heavy atom. The Morgan fingerprint density at radius 2 is 2.03 bits per heavy atom. The van der Waals surface area contributed by atoms with E-state index in [0.29, 0.717) is 13.1 Å². The second-order valence-electron chi connectivity index (χ2n) is 8.86. The number of benzene rings is 2. The van der Waals surface area contributed by atoms with Gasteiger partial charge >= 0.3 is 0 Å². The second kappa shape index (κ2) is 10.4. The number of aliphatic hydroxyl groups is 1. The van der Waals surface area contributed by atoms with Crippen molar-refractivity contribution in [3.8, 4) is 5.75 Å². The zero-order valence-electron chi connectivity index (χ0n) is 18.6. The number of ether oxygens (including phenoxy) is 1. The van der Waals surface area contributed by atoms with E-state index in [-0.39, 0.29) is 24.3 Å². The smallest absolute Gasteiger partial charge is 0.238 e. The first-order chi connectivity index (χ1) is 15.5. The van der Waals surface area contributed by atoms with Crippen LogP contribution in [0, 0.1) is 5.82 Å². The minimum absolute atomic E-state index is 0.00178. The second-order valence-corrected chi connectivity index (χ2v) is 8.86. The fourth-order valence-corrected chi connectivity index (χ4v) is 4.61. The molecule has 6 nitrogen and oxygen atoms in total. The quantitative estimate of drug-likeness (QED) is 0.660. The Balaban J connectivity index is 1.20. The van der Waals surface area contributed by atoms with Crippen LogP contribution in [0.4, 0.5) is 10.1 Å². The largest absolute Gasteiger partial charge is 0.488 e. The molecule has 172 valence electrons. The van der Waals surface area contributed by atoms with E-state index in [2.05, 4.69) is 34.2 Å². The number of carbonyl (C=O) groups excluding carboxylic acids is 1. The number of rotatable bonds is 8. The van der Waals surface area contributed by atoms with Gasteiger partial charge in [-0.1, -0.05) is 18.2 Å². The number of amides is 1.